The van der Waals surface area contributed by atoms with E-state index in [9.17, 15) is 0 Å². The number of rotatable bonds is 4. The number of hydrogen-bond donors (Lipinski definition) is 1. The van der Waals surface area contributed by atoms with Gasteiger partial charge in [-0.15, -0.1) is 0 Å². The molecule has 3 heteroatoms. The largest absolute Gasteiger partial charge is 0.325 e. The Morgan fingerprint density at radius 2 is 2.00 bits per heavy atom. The molecule has 2 rings (SSSR count). The number of fused-ring (bicyclic) bond motifs is 1. The Morgan fingerprint density at radius 3 is 2.61 bits per heavy atom. The third-order valence-electron chi connectivity index (χ3n) is 4.14. The summed E-state index contributed by atoms with van der Waals surface area (Å²) < 4.78 is 1.95. The normalized spacial score (nSPS) is 15.2. The first-order chi connectivity index (χ1) is 8.48. The van der Waals surface area contributed by atoms with Crippen LogP contribution >= 0.6 is 0 Å². The zero-order chi connectivity index (χ0) is 13.3. The molecular formula is C15H23N3. The van der Waals surface area contributed by atoms with E-state index in [0.29, 0.717) is 5.92 Å². The van der Waals surface area contributed by atoms with Crippen LogP contribution in [0.15, 0.2) is 24.3 Å². The quantitative estimate of drug-likeness (QED) is 0.900. The van der Waals surface area contributed by atoms with E-state index in [1.807, 2.05) is 17.8 Å². The van der Waals surface area contributed by atoms with E-state index in [1.165, 1.54) is 10.9 Å². The maximum Gasteiger partial charge on any atom is 0.0721 e. The molecule has 1 aromatic heterocycles. The van der Waals surface area contributed by atoms with E-state index in [0.717, 1.165) is 18.5 Å². The number of nitrogens with zero attached hydrogens (tertiary/aromatic N) is 2. The van der Waals surface area contributed by atoms with Gasteiger partial charge in [0.2, 0.25) is 0 Å². The molecule has 1 aromatic carbocycles. The van der Waals surface area contributed by atoms with Crippen LogP contribution in [0, 0.1) is 5.92 Å². The minimum Gasteiger partial charge on any atom is -0.325 e. The Labute approximate surface area is 109 Å². The molecule has 0 aliphatic rings. The third kappa shape index (κ3) is 2.15. The van der Waals surface area contributed by atoms with Gasteiger partial charge in [-0.1, -0.05) is 39.0 Å². The zero-order valence-electron chi connectivity index (χ0n) is 11.8. The summed E-state index contributed by atoms with van der Waals surface area (Å²) in [6.07, 6.45) is 1.80. The molecule has 0 fully saturated rings. The van der Waals surface area contributed by atoms with Crippen LogP contribution in [0.2, 0.25) is 0 Å². The van der Waals surface area contributed by atoms with Gasteiger partial charge < -0.3 is 5.73 Å². The molecule has 2 aromatic rings. The standard InChI is InChI=1S/C15H23N3/c1-5-15(16,11(2)3)10-13-12-8-6-7-9-14(12)18(4)17-13/h6-9,11H,5,10,16H2,1-4H3. The van der Waals surface area contributed by atoms with Gasteiger partial charge >= 0.3 is 0 Å². The van der Waals surface area contributed by atoms with Crippen molar-refractivity contribution < 1.29 is 0 Å². The van der Waals surface area contributed by atoms with Gasteiger partial charge in [0, 0.05) is 24.4 Å². The van der Waals surface area contributed by atoms with Gasteiger partial charge in [0.05, 0.1) is 11.2 Å². The Bertz CT molecular complexity index is 542. The van der Waals surface area contributed by atoms with Crippen molar-refractivity contribution in [1.82, 2.24) is 9.78 Å². The third-order valence-corrected chi connectivity index (χ3v) is 4.14. The van der Waals surface area contributed by atoms with Crippen LogP contribution in [-0.2, 0) is 13.5 Å². The first-order valence-electron chi connectivity index (χ1n) is 6.67. The summed E-state index contributed by atoms with van der Waals surface area (Å²) in [5.41, 5.74) is 8.65. The fraction of sp³-hybridized carbons (Fsp3) is 0.533. The molecule has 1 heterocycles. The van der Waals surface area contributed by atoms with Crippen LogP contribution in [0.4, 0.5) is 0 Å². The first kappa shape index (κ1) is 13.1. The predicted molar refractivity (Wildman–Crippen MR) is 76.5 cm³/mol. The number of aromatic nitrogens is 2. The van der Waals surface area contributed by atoms with Gasteiger partial charge in [0.25, 0.3) is 0 Å². The Balaban J connectivity index is 2.43. The summed E-state index contributed by atoms with van der Waals surface area (Å²) >= 11 is 0. The van der Waals surface area contributed by atoms with Gasteiger partial charge in [0.15, 0.2) is 0 Å². The molecule has 98 valence electrons. The summed E-state index contributed by atoms with van der Waals surface area (Å²) in [5, 5.41) is 5.87. The van der Waals surface area contributed by atoms with Crippen molar-refractivity contribution in [3.05, 3.63) is 30.0 Å². The molecule has 1 unspecified atom stereocenters. The molecule has 2 N–H and O–H groups in total. The molecule has 0 aliphatic heterocycles. The monoisotopic (exact) mass is 245 g/mol. The van der Waals surface area contributed by atoms with E-state index in [2.05, 4.69) is 44.1 Å². The van der Waals surface area contributed by atoms with Crippen molar-refractivity contribution in [1.29, 1.82) is 0 Å². The van der Waals surface area contributed by atoms with Gasteiger partial charge in [0.1, 0.15) is 0 Å². The van der Waals surface area contributed by atoms with Crippen LogP contribution in [0.1, 0.15) is 32.9 Å². The van der Waals surface area contributed by atoms with Gasteiger partial charge in [-0.05, 0) is 18.4 Å². The van der Waals surface area contributed by atoms with Crippen molar-refractivity contribution in [2.45, 2.75) is 39.2 Å². The summed E-state index contributed by atoms with van der Waals surface area (Å²) in [4.78, 5) is 0. The van der Waals surface area contributed by atoms with Crippen LogP contribution in [0.3, 0.4) is 0 Å². The summed E-state index contributed by atoms with van der Waals surface area (Å²) in [5.74, 6) is 0.447. The topological polar surface area (TPSA) is 43.8 Å². The molecule has 0 saturated heterocycles. The highest BCUT2D eigenvalue weighted by Crippen LogP contribution is 2.26. The summed E-state index contributed by atoms with van der Waals surface area (Å²) in [6.45, 7) is 6.54. The maximum absolute atomic E-state index is 6.52. The first-order valence-corrected chi connectivity index (χ1v) is 6.67. The second-order valence-electron chi connectivity index (χ2n) is 5.51. The number of para-hydroxylation sites is 1. The van der Waals surface area contributed by atoms with Crippen LogP contribution in [0.25, 0.3) is 10.9 Å². The van der Waals surface area contributed by atoms with Crippen molar-refractivity contribution in [2.24, 2.45) is 18.7 Å². The van der Waals surface area contributed by atoms with Crippen molar-refractivity contribution >= 4 is 10.9 Å². The van der Waals surface area contributed by atoms with Crippen molar-refractivity contribution in [2.75, 3.05) is 0 Å². The molecule has 0 saturated carbocycles. The van der Waals surface area contributed by atoms with Gasteiger partial charge in [-0.25, -0.2) is 0 Å². The molecule has 0 aliphatic carbocycles. The maximum atomic E-state index is 6.52. The molecule has 0 amide bonds. The van der Waals surface area contributed by atoms with Crippen molar-refractivity contribution in [3.8, 4) is 0 Å². The lowest BCUT2D eigenvalue weighted by Gasteiger charge is -2.32. The lowest BCUT2D eigenvalue weighted by Crippen LogP contribution is -2.46. The smallest absolute Gasteiger partial charge is 0.0721 e. The van der Waals surface area contributed by atoms with E-state index in [-0.39, 0.29) is 5.54 Å². The van der Waals surface area contributed by atoms with E-state index >= 15 is 0 Å². The van der Waals surface area contributed by atoms with Crippen LogP contribution in [0.5, 0.6) is 0 Å². The molecule has 18 heavy (non-hydrogen) atoms. The molecule has 0 spiro atoms. The van der Waals surface area contributed by atoms with E-state index in [4.69, 9.17) is 5.73 Å². The second kappa shape index (κ2) is 4.73. The summed E-state index contributed by atoms with van der Waals surface area (Å²) in [7, 11) is 1.99. The Kier molecular flexibility index (Phi) is 3.44. The number of hydrogen-bond acceptors (Lipinski definition) is 2. The highest BCUT2D eigenvalue weighted by Gasteiger charge is 2.29. The highest BCUT2D eigenvalue weighted by molar-refractivity contribution is 5.81. The minimum atomic E-state index is -0.170. The fourth-order valence-corrected chi connectivity index (χ4v) is 2.47. The molecule has 1 atom stereocenters. The average molecular weight is 245 g/mol. The van der Waals surface area contributed by atoms with E-state index in [1.54, 1.807) is 0 Å². The highest BCUT2D eigenvalue weighted by atomic mass is 15.3. The molecule has 3 nitrogen and oxygen atoms in total. The predicted octanol–water partition coefficient (Wildman–Crippen LogP) is 2.88. The average Bonchev–Trinajstić information content (AvgIpc) is 2.66. The van der Waals surface area contributed by atoms with E-state index < -0.39 is 0 Å². The lowest BCUT2D eigenvalue weighted by molar-refractivity contribution is 0.294. The lowest BCUT2D eigenvalue weighted by atomic mass is 9.80. The fourth-order valence-electron chi connectivity index (χ4n) is 2.47. The van der Waals surface area contributed by atoms with Gasteiger partial charge in [-0.2, -0.15) is 5.10 Å². The zero-order valence-corrected chi connectivity index (χ0v) is 11.8. The number of aryl methyl sites for hydroxylation is 1. The minimum absolute atomic E-state index is 0.170. The molecular weight excluding hydrogens is 222 g/mol. The van der Waals surface area contributed by atoms with Gasteiger partial charge in [-0.3, -0.25) is 4.68 Å². The van der Waals surface area contributed by atoms with Crippen LogP contribution < -0.4 is 5.73 Å². The van der Waals surface area contributed by atoms with Crippen LogP contribution in [-0.4, -0.2) is 15.3 Å². The SMILES string of the molecule is CCC(N)(Cc1nn(C)c2ccccc12)C(C)C. The number of nitrogens with two attached hydrogens (primary N) is 1. The van der Waals surface area contributed by atoms with Crippen molar-refractivity contribution in [3.63, 3.8) is 0 Å². The molecule has 0 bridgehead atoms. The number of benzene rings is 1. The second-order valence-corrected chi connectivity index (χ2v) is 5.51. The summed E-state index contributed by atoms with van der Waals surface area (Å²) in [6, 6.07) is 8.35. The Morgan fingerprint density at radius 1 is 1.33 bits per heavy atom. The molecule has 0 radical (unpaired) electrons. The Hall–Kier alpha value is -1.35.